The van der Waals surface area contributed by atoms with Gasteiger partial charge in [-0.2, -0.15) is 0 Å². The van der Waals surface area contributed by atoms with Crippen molar-refractivity contribution in [3.63, 3.8) is 0 Å². The van der Waals surface area contributed by atoms with Crippen LogP contribution in [0.4, 0.5) is 0 Å². The summed E-state index contributed by atoms with van der Waals surface area (Å²) in [5.41, 5.74) is 0. The number of hydrogen-bond donors (Lipinski definition) is 1. The Labute approximate surface area is 73.2 Å². The molecule has 12 heavy (non-hydrogen) atoms. The number of carbonyl (C=O) groups is 1. The number of esters is 1. The molecule has 0 aliphatic carbocycles. The van der Waals surface area contributed by atoms with Crippen molar-refractivity contribution in [3.8, 4) is 0 Å². The molecule has 0 radical (unpaired) electrons. The number of ether oxygens (including phenoxy) is 2. The van der Waals surface area contributed by atoms with Crippen molar-refractivity contribution in [3.05, 3.63) is 0 Å². The zero-order chi connectivity index (χ0) is 9.56. The molecular formula is C8H17NO3. The molecule has 4 heteroatoms. The summed E-state index contributed by atoms with van der Waals surface area (Å²) in [7, 11) is 2.92. The molecule has 0 aliphatic rings. The van der Waals surface area contributed by atoms with Crippen LogP contribution < -0.4 is 5.32 Å². The summed E-state index contributed by atoms with van der Waals surface area (Å²) in [6, 6.07) is -0.121. The lowest BCUT2D eigenvalue weighted by Gasteiger charge is -2.17. The highest BCUT2D eigenvalue weighted by atomic mass is 16.5. The summed E-state index contributed by atoms with van der Waals surface area (Å²) >= 11 is 0. The van der Waals surface area contributed by atoms with Crippen molar-refractivity contribution >= 4 is 5.97 Å². The molecule has 1 unspecified atom stereocenters. The maximum atomic E-state index is 11.1. The fourth-order valence-electron chi connectivity index (χ4n) is 0.895. The fraction of sp³-hybridized carbons (Fsp3) is 0.875. The average Bonchev–Trinajstić information content (AvgIpc) is 2.01. The Morgan fingerprint density at radius 3 is 2.33 bits per heavy atom. The SMILES string of the molecule is COCC(NC(C)C)C(=O)OC. The molecule has 0 fully saturated rings. The highest BCUT2D eigenvalue weighted by molar-refractivity contribution is 5.75. The van der Waals surface area contributed by atoms with E-state index in [2.05, 4.69) is 10.1 Å². The Hall–Kier alpha value is -0.610. The zero-order valence-corrected chi connectivity index (χ0v) is 8.09. The predicted molar refractivity (Wildman–Crippen MR) is 46.0 cm³/mol. The Kier molecular flexibility index (Phi) is 5.66. The lowest BCUT2D eigenvalue weighted by Crippen LogP contribution is -2.44. The first kappa shape index (κ1) is 11.4. The first-order valence-corrected chi connectivity index (χ1v) is 3.94. The van der Waals surface area contributed by atoms with Gasteiger partial charge in [0, 0.05) is 13.2 Å². The highest BCUT2D eigenvalue weighted by Gasteiger charge is 2.18. The molecular weight excluding hydrogens is 158 g/mol. The fourth-order valence-corrected chi connectivity index (χ4v) is 0.895. The van der Waals surface area contributed by atoms with Gasteiger partial charge in [0.25, 0.3) is 0 Å². The van der Waals surface area contributed by atoms with E-state index in [1.54, 1.807) is 7.11 Å². The molecule has 0 heterocycles. The Morgan fingerprint density at radius 1 is 1.42 bits per heavy atom. The number of carbonyl (C=O) groups excluding carboxylic acids is 1. The van der Waals surface area contributed by atoms with Crippen LogP contribution in [0.3, 0.4) is 0 Å². The van der Waals surface area contributed by atoms with Crippen LogP contribution in [0.15, 0.2) is 0 Å². The summed E-state index contributed by atoms with van der Waals surface area (Å²) < 4.78 is 9.45. The van der Waals surface area contributed by atoms with Crippen LogP contribution in [-0.4, -0.2) is 38.9 Å². The van der Waals surface area contributed by atoms with E-state index >= 15 is 0 Å². The normalized spacial score (nSPS) is 13.1. The maximum absolute atomic E-state index is 11.1. The summed E-state index contributed by atoms with van der Waals surface area (Å²) in [6.07, 6.45) is 0. The molecule has 4 nitrogen and oxygen atoms in total. The van der Waals surface area contributed by atoms with Gasteiger partial charge in [0.2, 0.25) is 0 Å². The molecule has 0 aromatic heterocycles. The average molecular weight is 175 g/mol. The van der Waals surface area contributed by atoms with E-state index in [0.717, 1.165) is 0 Å². The number of rotatable bonds is 5. The van der Waals surface area contributed by atoms with Crippen LogP contribution in [0.5, 0.6) is 0 Å². The number of nitrogens with one attached hydrogen (secondary N) is 1. The molecule has 0 saturated heterocycles. The smallest absolute Gasteiger partial charge is 0.325 e. The van der Waals surface area contributed by atoms with Gasteiger partial charge in [-0.25, -0.2) is 0 Å². The third-order valence-electron chi connectivity index (χ3n) is 1.35. The molecule has 72 valence electrons. The molecule has 0 aromatic carbocycles. The molecule has 1 N–H and O–H groups in total. The second kappa shape index (κ2) is 5.97. The zero-order valence-electron chi connectivity index (χ0n) is 8.09. The monoisotopic (exact) mass is 175 g/mol. The minimum Gasteiger partial charge on any atom is -0.468 e. The standard InChI is InChI=1S/C8H17NO3/c1-6(2)9-7(5-11-3)8(10)12-4/h6-7,9H,5H2,1-4H3. The molecule has 0 spiro atoms. The van der Waals surface area contributed by atoms with E-state index in [0.29, 0.717) is 6.61 Å². The van der Waals surface area contributed by atoms with Crippen molar-refractivity contribution < 1.29 is 14.3 Å². The molecule has 0 bridgehead atoms. The Morgan fingerprint density at radius 2 is 2.00 bits per heavy atom. The van der Waals surface area contributed by atoms with Gasteiger partial charge in [-0.1, -0.05) is 13.8 Å². The minimum atomic E-state index is -0.361. The van der Waals surface area contributed by atoms with Crippen molar-refractivity contribution in [1.82, 2.24) is 5.32 Å². The van der Waals surface area contributed by atoms with E-state index in [1.165, 1.54) is 7.11 Å². The third-order valence-corrected chi connectivity index (χ3v) is 1.35. The molecule has 1 atom stereocenters. The van der Waals surface area contributed by atoms with E-state index in [9.17, 15) is 4.79 Å². The molecule has 0 aromatic rings. The van der Waals surface area contributed by atoms with Crippen molar-refractivity contribution in [2.24, 2.45) is 0 Å². The number of methoxy groups -OCH3 is 2. The van der Waals surface area contributed by atoms with Crippen molar-refractivity contribution in [2.45, 2.75) is 25.9 Å². The summed E-state index contributed by atoms with van der Waals surface area (Å²) in [6.45, 7) is 4.27. The highest BCUT2D eigenvalue weighted by Crippen LogP contribution is 1.91. The van der Waals surface area contributed by atoms with Gasteiger partial charge in [-0.15, -0.1) is 0 Å². The first-order chi connectivity index (χ1) is 5.61. The third kappa shape index (κ3) is 4.31. The van der Waals surface area contributed by atoms with E-state index < -0.39 is 0 Å². The maximum Gasteiger partial charge on any atom is 0.325 e. The Balaban J connectivity index is 3.94. The largest absolute Gasteiger partial charge is 0.468 e. The van der Waals surface area contributed by atoms with Crippen LogP contribution in [0.1, 0.15) is 13.8 Å². The van der Waals surface area contributed by atoms with Gasteiger partial charge < -0.3 is 14.8 Å². The van der Waals surface area contributed by atoms with Gasteiger partial charge in [-0.05, 0) is 0 Å². The van der Waals surface area contributed by atoms with Crippen LogP contribution in [0.25, 0.3) is 0 Å². The quantitative estimate of drug-likeness (QED) is 0.605. The minimum absolute atomic E-state index is 0.240. The second-order valence-electron chi connectivity index (χ2n) is 2.85. The summed E-state index contributed by atoms with van der Waals surface area (Å²) in [5, 5.41) is 3.03. The van der Waals surface area contributed by atoms with Gasteiger partial charge in [0.05, 0.1) is 13.7 Å². The van der Waals surface area contributed by atoms with Crippen molar-refractivity contribution in [1.29, 1.82) is 0 Å². The van der Waals surface area contributed by atoms with Crippen LogP contribution >= 0.6 is 0 Å². The summed E-state index contributed by atoms with van der Waals surface area (Å²) in [4.78, 5) is 11.1. The first-order valence-electron chi connectivity index (χ1n) is 3.94. The van der Waals surface area contributed by atoms with Gasteiger partial charge in [0.1, 0.15) is 6.04 Å². The van der Waals surface area contributed by atoms with Crippen LogP contribution in [0.2, 0.25) is 0 Å². The van der Waals surface area contributed by atoms with Crippen LogP contribution in [-0.2, 0) is 14.3 Å². The van der Waals surface area contributed by atoms with E-state index in [-0.39, 0.29) is 18.1 Å². The molecule has 0 rings (SSSR count). The van der Waals surface area contributed by atoms with Crippen molar-refractivity contribution in [2.75, 3.05) is 20.8 Å². The van der Waals surface area contributed by atoms with Gasteiger partial charge in [-0.3, -0.25) is 4.79 Å². The topological polar surface area (TPSA) is 47.6 Å². The van der Waals surface area contributed by atoms with Crippen LogP contribution in [0, 0.1) is 0 Å². The lowest BCUT2D eigenvalue weighted by atomic mass is 10.2. The number of hydrogen-bond acceptors (Lipinski definition) is 4. The molecule has 0 aliphatic heterocycles. The van der Waals surface area contributed by atoms with Gasteiger partial charge >= 0.3 is 5.97 Å². The predicted octanol–water partition coefficient (Wildman–Crippen LogP) is 0.172. The Bertz CT molecular complexity index is 136. The molecule has 0 amide bonds. The second-order valence-corrected chi connectivity index (χ2v) is 2.85. The summed E-state index contributed by atoms with van der Waals surface area (Å²) in [5.74, 6) is -0.287. The van der Waals surface area contributed by atoms with Gasteiger partial charge in [0.15, 0.2) is 0 Å². The van der Waals surface area contributed by atoms with E-state index in [4.69, 9.17) is 4.74 Å². The lowest BCUT2D eigenvalue weighted by molar-refractivity contribution is -0.144. The van der Waals surface area contributed by atoms with E-state index in [1.807, 2.05) is 13.8 Å². The molecule has 0 saturated carbocycles.